The molecule has 0 bridgehead atoms. The highest BCUT2D eigenvalue weighted by molar-refractivity contribution is 5.80. The van der Waals surface area contributed by atoms with E-state index < -0.39 is 0 Å². The molecule has 1 aliphatic rings. The van der Waals surface area contributed by atoms with Gasteiger partial charge in [0.15, 0.2) is 0 Å². The van der Waals surface area contributed by atoms with Gasteiger partial charge in [0.05, 0.1) is 0 Å². The van der Waals surface area contributed by atoms with Crippen LogP contribution < -0.4 is 11.1 Å². The molecule has 1 unspecified atom stereocenters. The predicted octanol–water partition coefficient (Wildman–Crippen LogP) is -0.928. The molecule has 1 saturated heterocycles. The lowest BCUT2D eigenvalue weighted by Gasteiger charge is -2.20. The maximum absolute atomic E-state index is 11.6. The summed E-state index contributed by atoms with van der Waals surface area (Å²) in [5, 5.41) is 2.72. The van der Waals surface area contributed by atoms with Crippen molar-refractivity contribution in [1.29, 1.82) is 0 Å². The number of hydrogen-bond donors (Lipinski definition) is 2. The highest BCUT2D eigenvalue weighted by Gasteiger charge is 2.18. The van der Waals surface area contributed by atoms with Gasteiger partial charge in [0, 0.05) is 38.5 Å². The van der Waals surface area contributed by atoms with Crippen LogP contribution in [0.1, 0.15) is 19.8 Å². The number of carbonyl (C=O) groups is 2. The van der Waals surface area contributed by atoms with Crippen LogP contribution in [0.15, 0.2) is 0 Å². The zero-order chi connectivity index (χ0) is 10.6. The van der Waals surface area contributed by atoms with Gasteiger partial charge in [0.25, 0.3) is 0 Å². The molecule has 0 aliphatic carbocycles. The lowest BCUT2D eigenvalue weighted by Crippen LogP contribution is -2.37. The molecule has 1 fully saturated rings. The van der Waals surface area contributed by atoms with Crippen LogP contribution in [-0.4, -0.2) is 42.4 Å². The smallest absolute Gasteiger partial charge is 0.224 e. The van der Waals surface area contributed by atoms with E-state index in [0.717, 1.165) is 0 Å². The first-order chi connectivity index (χ1) is 6.59. The maximum Gasteiger partial charge on any atom is 0.224 e. The Morgan fingerprint density at radius 3 is 3.00 bits per heavy atom. The normalized spacial score (nSPS) is 19.9. The molecule has 5 heteroatoms. The fourth-order valence-corrected chi connectivity index (χ4v) is 1.42. The van der Waals surface area contributed by atoms with Gasteiger partial charge < -0.3 is 16.0 Å². The average molecular weight is 199 g/mol. The number of rotatable bonds is 2. The molecule has 0 spiro atoms. The second-order valence-electron chi connectivity index (χ2n) is 3.66. The van der Waals surface area contributed by atoms with E-state index in [1.165, 1.54) is 0 Å². The Morgan fingerprint density at radius 2 is 2.36 bits per heavy atom. The van der Waals surface area contributed by atoms with Gasteiger partial charge >= 0.3 is 0 Å². The molecule has 1 aliphatic heterocycles. The molecule has 0 aromatic rings. The molecule has 0 radical (unpaired) electrons. The Bertz CT molecular complexity index is 228. The molecule has 2 amide bonds. The third kappa shape index (κ3) is 3.33. The Hall–Kier alpha value is -1.10. The molecule has 5 nitrogen and oxygen atoms in total. The summed E-state index contributed by atoms with van der Waals surface area (Å²) in [5.41, 5.74) is 5.54. The van der Waals surface area contributed by atoms with Gasteiger partial charge in [-0.2, -0.15) is 0 Å². The number of nitrogens with zero attached hydrogens (tertiary/aromatic N) is 1. The number of nitrogens with two attached hydrogens (primary N) is 1. The van der Waals surface area contributed by atoms with Crippen LogP contribution in [-0.2, 0) is 9.59 Å². The van der Waals surface area contributed by atoms with Crippen LogP contribution in [0.3, 0.4) is 0 Å². The average Bonchev–Trinajstić information content (AvgIpc) is 2.28. The summed E-state index contributed by atoms with van der Waals surface area (Å²) in [6, 6.07) is -0.116. The van der Waals surface area contributed by atoms with Crippen LogP contribution in [0.4, 0.5) is 0 Å². The summed E-state index contributed by atoms with van der Waals surface area (Å²) in [6.45, 7) is 3.46. The van der Waals surface area contributed by atoms with Gasteiger partial charge in [-0.3, -0.25) is 9.59 Å². The molecule has 0 aromatic heterocycles. The van der Waals surface area contributed by atoms with E-state index >= 15 is 0 Å². The van der Waals surface area contributed by atoms with Crippen molar-refractivity contribution < 1.29 is 9.59 Å². The summed E-state index contributed by atoms with van der Waals surface area (Å²) < 4.78 is 0. The SMILES string of the molecule is CC(N)CC(=O)N1CCNC(=O)CC1. The largest absolute Gasteiger partial charge is 0.354 e. The molecule has 14 heavy (non-hydrogen) atoms. The van der Waals surface area contributed by atoms with E-state index in [9.17, 15) is 9.59 Å². The van der Waals surface area contributed by atoms with Gasteiger partial charge in [0.2, 0.25) is 11.8 Å². The lowest BCUT2D eigenvalue weighted by atomic mass is 10.2. The second kappa shape index (κ2) is 4.95. The standard InChI is InChI=1S/C9H17N3O2/c1-7(10)6-9(14)12-4-2-8(13)11-3-5-12/h7H,2-6,10H2,1H3,(H,11,13). The third-order valence-electron chi connectivity index (χ3n) is 2.16. The molecule has 3 N–H and O–H groups in total. The zero-order valence-corrected chi connectivity index (χ0v) is 8.45. The van der Waals surface area contributed by atoms with Crippen molar-refractivity contribution in [2.75, 3.05) is 19.6 Å². The fourth-order valence-electron chi connectivity index (χ4n) is 1.42. The van der Waals surface area contributed by atoms with Gasteiger partial charge in [-0.15, -0.1) is 0 Å². The molecular weight excluding hydrogens is 182 g/mol. The fraction of sp³-hybridized carbons (Fsp3) is 0.778. The van der Waals surface area contributed by atoms with Crippen LogP contribution in [0.5, 0.6) is 0 Å². The summed E-state index contributed by atoms with van der Waals surface area (Å²) in [7, 11) is 0. The first kappa shape index (κ1) is 11.0. The van der Waals surface area contributed by atoms with E-state index in [1.54, 1.807) is 11.8 Å². The monoisotopic (exact) mass is 199 g/mol. The maximum atomic E-state index is 11.6. The number of amides is 2. The lowest BCUT2D eigenvalue weighted by molar-refractivity contribution is -0.131. The Balaban J connectivity index is 2.43. The topological polar surface area (TPSA) is 75.4 Å². The van der Waals surface area contributed by atoms with Crippen LogP contribution in [0, 0.1) is 0 Å². The third-order valence-corrected chi connectivity index (χ3v) is 2.16. The zero-order valence-electron chi connectivity index (χ0n) is 8.45. The number of carbonyl (C=O) groups excluding carboxylic acids is 2. The van der Waals surface area contributed by atoms with Crippen LogP contribution in [0.25, 0.3) is 0 Å². The van der Waals surface area contributed by atoms with E-state index in [2.05, 4.69) is 5.32 Å². The first-order valence-corrected chi connectivity index (χ1v) is 4.89. The summed E-state index contributed by atoms with van der Waals surface area (Å²) in [4.78, 5) is 24.3. The molecule has 1 heterocycles. The van der Waals surface area contributed by atoms with Crippen molar-refractivity contribution >= 4 is 11.8 Å². The number of hydrogen-bond acceptors (Lipinski definition) is 3. The van der Waals surface area contributed by atoms with Gasteiger partial charge in [-0.25, -0.2) is 0 Å². The van der Waals surface area contributed by atoms with Gasteiger partial charge in [-0.1, -0.05) is 0 Å². The first-order valence-electron chi connectivity index (χ1n) is 4.89. The van der Waals surface area contributed by atoms with Crippen molar-refractivity contribution in [3.63, 3.8) is 0 Å². The summed E-state index contributed by atoms with van der Waals surface area (Å²) in [5.74, 6) is 0.0533. The van der Waals surface area contributed by atoms with Crippen LogP contribution in [0.2, 0.25) is 0 Å². The van der Waals surface area contributed by atoms with Gasteiger partial charge in [0.1, 0.15) is 0 Å². The van der Waals surface area contributed by atoms with Crippen molar-refractivity contribution in [2.24, 2.45) is 5.73 Å². The summed E-state index contributed by atoms with van der Waals surface area (Å²) in [6.07, 6.45) is 0.749. The second-order valence-corrected chi connectivity index (χ2v) is 3.66. The Morgan fingerprint density at radius 1 is 1.64 bits per heavy atom. The molecule has 80 valence electrons. The summed E-state index contributed by atoms with van der Waals surface area (Å²) >= 11 is 0. The van der Waals surface area contributed by atoms with Gasteiger partial charge in [-0.05, 0) is 6.92 Å². The van der Waals surface area contributed by atoms with Crippen molar-refractivity contribution in [3.8, 4) is 0 Å². The highest BCUT2D eigenvalue weighted by Crippen LogP contribution is 2.01. The molecule has 0 aromatic carbocycles. The van der Waals surface area contributed by atoms with Crippen molar-refractivity contribution in [3.05, 3.63) is 0 Å². The van der Waals surface area contributed by atoms with Crippen molar-refractivity contribution in [1.82, 2.24) is 10.2 Å². The molecular formula is C9H17N3O2. The van der Waals surface area contributed by atoms with E-state index in [-0.39, 0.29) is 17.9 Å². The van der Waals surface area contributed by atoms with Crippen molar-refractivity contribution in [2.45, 2.75) is 25.8 Å². The minimum atomic E-state index is -0.116. The minimum absolute atomic E-state index is 0.0149. The minimum Gasteiger partial charge on any atom is -0.354 e. The molecule has 1 atom stereocenters. The van der Waals surface area contributed by atoms with Crippen LogP contribution >= 0.6 is 0 Å². The quantitative estimate of drug-likeness (QED) is 0.603. The number of nitrogens with one attached hydrogen (secondary N) is 1. The predicted molar refractivity (Wildman–Crippen MR) is 52.5 cm³/mol. The molecule has 0 saturated carbocycles. The Kier molecular flexibility index (Phi) is 3.88. The molecule has 1 rings (SSSR count). The highest BCUT2D eigenvalue weighted by atomic mass is 16.2. The van der Waals surface area contributed by atoms with E-state index in [1.807, 2.05) is 0 Å². The van der Waals surface area contributed by atoms with E-state index in [4.69, 9.17) is 5.73 Å². The van der Waals surface area contributed by atoms with E-state index in [0.29, 0.717) is 32.5 Å². The Labute approximate surface area is 83.6 Å².